The van der Waals surface area contributed by atoms with Crippen molar-refractivity contribution in [2.75, 3.05) is 0 Å². The van der Waals surface area contributed by atoms with E-state index >= 15 is 0 Å². The van der Waals surface area contributed by atoms with E-state index in [2.05, 4.69) is 9.97 Å². The minimum Gasteiger partial charge on any atom is -0.306 e. The van der Waals surface area contributed by atoms with Gasteiger partial charge in [-0.05, 0) is 23.8 Å². The fourth-order valence-electron chi connectivity index (χ4n) is 2.04. The molecule has 3 aromatic rings. The van der Waals surface area contributed by atoms with E-state index in [1.54, 1.807) is 30.5 Å². The van der Waals surface area contributed by atoms with E-state index in [0.717, 1.165) is 5.39 Å². The lowest BCUT2D eigenvalue weighted by molar-refractivity contribution is -0.384. The maximum Gasteiger partial charge on any atom is 0.270 e. The number of nitrogens with one attached hydrogen (secondary N) is 1. The summed E-state index contributed by atoms with van der Waals surface area (Å²) in [6.07, 6.45) is 1.59. The number of benzene rings is 1. The predicted octanol–water partition coefficient (Wildman–Crippen LogP) is 2.50. The number of non-ortho nitro benzene ring substituents is 1. The molecule has 0 saturated heterocycles. The second-order valence-corrected chi connectivity index (χ2v) is 4.26. The number of H-pyrrole nitrogens is 1. The molecule has 0 radical (unpaired) electrons. The number of nitro groups is 1. The molecule has 0 aliphatic rings. The monoisotopic (exact) mass is 267 g/mol. The van der Waals surface area contributed by atoms with Gasteiger partial charge < -0.3 is 4.98 Å². The summed E-state index contributed by atoms with van der Waals surface area (Å²) in [5, 5.41) is 11.6. The lowest BCUT2D eigenvalue weighted by atomic mass is 10.1. The first-order valence-corrected chi connectivity index (χ1v) is 5.88. The van der Waals surface area contributed by atoms with E-state index in [0.29, 0.717) is 16.8 Å². The van der Waals surface area contributed by atoms with Crippen molar-refractivity contribution in [3.63, 3.8) is 0 Å². The highest BCUT2D eigenvalue weighted by Gasteiger charge is 2.10. The average molecular weight is 267 g/mol. The fourth-order valence-corrected chi connectivity index (χ4v) is 2.04. The molecular formula is C14H9N3O3. The summed E-state index contributed by atoms with van der Waals surface area (Å²) in [5.74, 6) is 0. The number of nitrogens with zero attached hydrogens (tertiary/aromatic N) is 2. The van der Waals surface area contributed by atoms with Crippen LogP contribution in [0.2, 0.25) is 0 Å². The molecule has 1 aromatic carbocycles. The molecule has 98 valence electrons. The normalized spacial score (nSPS) is 10.6. The lowest BCUT2D eigenvalue weighted by Gasteiger charge is -2.03. The summed E-state index contributed by atoms with van der Waals surface area (Å²) in [5.41, 5.74) is 1.01. The number of rotatable bonds is 2. The lowest BCUT2D eigenvalue weighted by Crippen LogP contribution is -2.09. The number of fused-ring (bicyclic) bond motifs is 1. The number of aromatic amines is 1. The standard InChI is InChI=1S/C14H9N3O3/c18-14-12(8-10-4-2-6-15-13(10)16-14)9-3-1-5-11(7-9)17(19)20/h1-8H,(H,15,16,18). The third-order valence-electron chi connectivity index (χ3n) is 2.98. The van der Waals surface area contributed by atoms with Crippen LogP contribution in [0.1, 0.15) is 0 Å². The summed E-state index contributed by atoms with van der Waals surface area (Å²) in [7, 11) is 0. The van der Waals surface area contributed by atoms with Gasteiger partial charge in [-0.3, -0.25) is 14.9 Å². The zero-order valence-electron chi connectivity index (χ0n) is 10.2. The highest BCUT2D eigenvalue weighted by atomic mass is 16.6. The van der Waals surface area contributed by atoms with Crippen LogP contribution >= 0.6 is 0 Å². The van der Waals surface area contributed by atoms with Gasteiger partial charge in [0, 0.05) is 29.3 Å². The van der Waals surface area contributed by atoms with E-state index in [4.69, 9.17) is 0 Å². The van der Waals surface area contributed by atoms with Gasteiger partial charge in [0.15, 0.2) is 0 Å². The van der Waals surface area contributed by atoms with Crippen molar-refractivity contribution in [1.82, 2.24) is 9.97 Å². The second kappa shape index (κ2) is 4.58. The van der Waals surface area contributed by atoms with E-state index in [9.17, 15) is 14.9 Å². The topological polar surface area (TPSA) is 88.9 Å². The Labute approximate surface area is 112 Å². The number of aromatic nitrogens is 2. The summed E-state index contributed by atoms with van der Waals surface area (Å²) in [4.78, 5) is 29.1. The van der Waals surface area contributed by atoms with Gasteiger partial charge in [-0.25, -0.2) is 4.98 Å². The van der Waals surface area contributed by atoms with E-state index in [-0.39, 0.29) is 11.2 Å². The van der Waals surface area contributed by atoms with Crippen molar-refractivity contribution in [2.45, 2.75) is 0 Å². The van der Waals surface area contributed by atoms with Crippen molar-refractivity contribution in [2.24, 2.45) is 0 Å². The Morgan fingerprint density at radius 1 is 1.15 bits per heavy atom. The summed E-state index contributed by atoms with van der Waals surface area (Å²) in [6, 6.07) is 11.3. The Morgan fingerprint density at radius 2 is 2.00 bits per heavy atom. The molecule has 0 atom stereocenters. The van der Waals surface area contributed by atoms with Gasteiger partial charge in [0.1, 0.15) is 5.65 Å². The van der Waals surface area contributed by atoms with E-state index < -0.39 is 4.92 Å². The highest BCUT2D eigenvalue weighted by Crippen LogP contribution is 2.22. The molecule has 0 aliphatic heterocycles. The van der Waals surface area contributed by atoms with Crippen molar-refractivity contribution < 1.29 is 4.92 Å². The Morgan fingerprint density at radius 3 is 2.80 bits per heavy atom. The first-order chi connectivity index (χ1) is 9.65. The molecule has 0 aliphatic carbocycles. The average Bonchev–Trinajstić information content (AvgIpc) is 2.46. The van der Waals surface area contributed by atoms with E-state index in [1.807, 2.05) is 6.07 Å². The number of hydrogen-bond donors (Lipinski definition) is 1. The SMILES string of the molecule is O=c1[nH]c2ncccc2cc1-c1cccc([N+](=O)[O-])c1. The maximum atomic E-state index is 12.0. The fraction of sp³-hybridized carbons (Fsp3) is 0. The van der Waals surface area contributed by atoms with Gasteiger partial charge in [-0.15, -0.1) is 0 Å². The molecule has 0 amide bonds. The third-order valence-corrected chi connectivity index (χ3v) is 2.98. The van der Waals surface area contributed by atoms with Gasteiger partial charge in [-0.2, -0.15) is 0 Å². The molecule has 0 fully saturated rings. The van der Waals surface area contributed by atoms with Crippen LogP contribution in [0.4, 0.5) is 5.69 Å². The molecule has 2 aromatic heterocycles. The van der Waals surface area contributed by atoms with Crippen molar-refractivity contribution in [3.8, 4) is 11.1 Å². The van der Waals surface area contributed by atoms with Crippen LogP contribution in [-0.2, 0) is 0 Å². The molecule has 0 unspecified atom stereocenters. The van der Waals surface area contributed by atoms with Crippen LogP contribution in [0.15, 0.2) is 53.5 Å². The van der Waals surface area contributed by atoms with Crippen molar-refractivity contribution in [3.05, 3.63) is 69.1 Å². The van der Waals surface area contributed by atoms with Crippen LogP contribution in [-0.4, -0.2) is 14.9 Å². The smallest absolute Gasteiger partial charge is 0.270 e. The molecular weight excluding hydrogens is 258 g/mol. The summed E-state index contributed by atoms with van der Waals surface area (Å²) in [6.45, 7) is 0. The molecule has 0 saturated carbocycles. The van der Waals surface area contributed by atoms with Gasteiger partial charge in [0.05, 0.1) is 4.92 Å². The molecule has 3 rings (SSSR count). The molecule has 6 nitrogen and oxygen atoms in total. The molecule has 20 heavy (non-hydrogen) atoms. The van der Waals surface area contributed by atoms with Gasteiger partial charge >= 0.3 is 0 Å². The molecule has 0 spiro atoms. The molecule has 2 heterocycles. The van der Waals surface area contributed by atoms with Crippen LogP contribution in [0.5, 0.6) is 0 Å². The molecule has 6 heteroatoms. The quantitative estimate of drug-likeness (QED) is 0.570. The van der Waals surface area contributed by atoms with Crippen LogP contribution in [0.3, 0.4) is 0 Å². The highest BCUT2D eigenvalue weighted by molar-refractivity contribution is 5.80. The largest absolute Gasteiger partial charge is 0.306 e. The Hall–Kier alpha value is -3.02. The van der Waals surface area contributed by atoms with Crippen LogP contribution in [0, 0.1) is 10.1 Å². The van der Waals surface area contributed by atoms with Gasteiger partial charge in [0.2, 0.25) is 0 Å². The third kappa shape index (κ3) is 2.03. The van der Waals surface area contributed by atoms with Crippen LogP contribution < -0.4 is 5.56 Å². The van der Waals surface area contributed by atoms with E-state index in [1.165, 1.54) is 12.1 Å². The summed E-state index contributed by atoms with van der Waals surface area (Å²) < 4.78 is 0. The predicted molar refractivity (Wildman–Crippen MR) is 74.5 cm³/mol. The molecule has 0 bridgehead atoms. The number of hydrogen-bond acceptors (Lipinski definition) is 4. The minimum absolute atomic E-state index is 0.0480. The zero-order valence-corrected chi connectivity index (χ0v) is 10.2. The Bertz CT molecular complexity index is 871. The Balaban J connectivity index is 2.24. The number of nitro benzene ring substituents is 1. The van der Waals surface area contributed by atoms with Crippen molar-refractivity contribution >= 4 is 16.7 Å². The van der Waals surface area contributed by atoms with Crippen LogP contribution in [0.25, 0.3) is 22.2 Å². The first kappa shape index (κ1) is 12.0. The zero-order chi connectivity index (χ0) is 14.1. The molecule has 1 N–H and O–H groups in total. The summed E-state index contributed by atoms with van der Waals surface area (Å²) >= 11 is 0. The minimum atomic E-state index is -0.486. The first-order valence-electron chi connectivity index (χ1n) is 5.88. The number of pyridine rings is 2. The maximum absolute atomic E-state index is 12.0. The van der Waals surface area contributed by atoms with Crippen molar-refractivity contribution in [1.29, 1.82) is 0 Å². The Kier molecular flexibility index (Phi) is 2.76. The van der Waals surface area contributed by atoms with Gasteiger partial charge in [-0.1, -0.05) is 12.1 Å². The second-order valence-electron chi connectivity index (χ2n) is 4.26. The van der Waals surface area contributed by atoms with Gasteiger partial charge in [0.25, 0.3) is 11.2 Å².